The Kier molecular flexibility index (Phi) is 2.18. The number of nitrogens with zero attached hydrogens (tertiary/aromatic N) is 1. The Balaban J connectivity index is 2.41. The second-order valence-corrected chi connectivity index (χ2v) is 4.94. The van der Waals surface area contributed by atoms with Gasteiger partial charge in [-0.25, -0.2) is 4.58 Å². The number of fused-ring (bicyclic) bond motifs is 1. The molecule has 0 unspecified atom stereocenters. The smallest absolute Gasteiger partial charge is 0.171 e. The van der Waals surface area contributed by atoms with Crippen LogP contribution < -0.4 is 0 Å². The molecule has 0 spiro atoms. The van der Waals surface area contributed by atoms with Crippen molar-refractivity contribution < 1.29 is 4.58 Å². The molecule has 0 fully saturated rings. The highest BCUT2D eigenvalue weighted by atomic mass is 15.1. The van der Waals surface area contributed by atoms with Crippen molar-refractivity contribution in [1.82, 2.24) is 0 Å². The van der Waals surface area contributed by atoms with E-state index in [-0.39, 0.29) is 5.54 Å². The minimum Gasteiger partial charge on any atom is -0.231 e. The molecule has 0 atom stereocenters. The van der Waals surface area contributed by atoms with Crippen molar-refractivity contribution in [3.8, 4) is 0 Å². The second-order valence-electron chi connectivity index (χ2n) is 4.94. The van der Waals surface area contributed by atoms with E-state index in [1.807, 2.05) is 0 Å². The van der Waals surface area contributed by atoms with Crippen LogP contribution in [0.5, 0.6) is 0 Å². The highest BCUT2D eigenvalue weighted by Gasteiger charge is 2.26. The third-order valence-corrected chi connectivity index (χ3v) is 2.83. The first kappa shape index (κ1) is 9.45. The zero-order valence-electron chi connectivity index (χ0n) is 9.25. The molecule has 1 aliphatic rings. The van der Waals surface area contributed by atoms with Crippen molar-refractivity contribution in [2.45, 2.75) is 32.7 Å². The normalized spacial score (nSPS) is 16.1. The first-order valence-electron chi connectivity index (χ1n) is 5.27. The molecule has 2 rings (SSSR count). The lowest BCUT2D eigenvalue weighted by atomic mass is 9.99. The number of hydrogen-bond acceptors (Lipinski definition) is 0. The Morgan fingerprint density at radius 3 is 2.57 bits per heavy atom. The molecule has 0 N–H and O–H groups in total. The maximum atomic E-state index is 2.43. The fourth-order valence-corrected chi connectivity index (χ4v) is 1.89. The maximum absolute atomic E-state index is 2.43. The van der Waals surface area contributed by atoms with Crippen LogP contribution >= 0.6 is 0 Å². The van der Waals surface area contributed by atoms with E-state index < -0.39 is 0 Å². The van der Waals surface area contributed by atoms with E-state index in [0.717, 1.165) is 6.54 Å². The molecule has 0 saturated carbocycles. The summed E-state index contributed by atoms with van der Waals surface area (Å²) in [5.74, 6) is 0. The maximum Gasteiger partial charge on any atom is 0.171 e. The summed E-state index contributed by atoms with van der Waals surface area (Å²) in [7, 11) is 0. The van der Waals surface area contributed by atoms with Gasteiger partial charge in [-0.15, -0.1) is 0 Å². The van der Waals surface area contributed by atoms with Gasteiger partial charge in [0.05, 0.1) is 0 Å². The SMILES string of the molecule is CC(C)(C)[N+]1=Cc2ccccc2CC1. The molecule has 0 aromatic heterocycles. The van der Waals surface area contributed by atoms with Gasteiger partial charge in [0.25, 0.3) is 0 Å². The summed E-state index contributed by atoms with van der Waals surface area (Å²) in [5, 5.41) is 0. The van der Waals surface area contributed by atoms with E-state index in [9.17, 15) is 0 Å². The van der Waals surface area contributed by atoms with Crippen LogP contribution in [-0.4, -0.2) is 22.9 Å². The Hall–Kier alpha value is -1.11. The minimum atomic E-state index is 0.244. The van der Waals surface area contributed by atoms with Crippen LogP contribution in [0.1, 0.15) is 31.9 Å². The molecule has 0 amide bonds. The van der Waals surface area contributed by atoms with E-state index >= 15 is 0 Å². The molecule has 1 aliphatic heterocycles. The van der Waals surface area contributed by atoms with Crippen molar-refractivity contribution in [2.24, 2.45) is 0 Å². The Morgan fingerprint density at radius 2 is 1.86 bits per heavy atom. The van der Waals surface area contributed by atoms with Gasteiger partial charge in [-0.1, -0.05) is 18.2 Å². The van der Waals surface area contributed by atoms with Crippen LogP contribution in [0.4, 0.5) is 0 Å². The van der Waals surface area contributed by atoms with Gasteiger partial charge in [0, 0.05) is 12.0 Å². The van der Waals surface area contributed by atoms with Crippen LogP contribution in [0.15, 0.2) is 24.3 Å². The van der Waals surface area contributed by atoms with Gasteiger partial charge in [0.15, 0.2) is 11.8 Å². The van der Waals surface area contributed by atoms with E-state index in [1.54, 1.807) is 0 Å². The molecule has 1 nitrogen and oxygen atoms in total. The third kappa shape index (κ3) is 1.72. The summed E-state index contributed by atoms with van der Waals surface area (Å²) < 4.78 is 2.43. The molecule has 14 heavy (non-hydrogen) atoms. The highest BCUT2D eigenvalue weighted by molar-refractivity contribution is 5.78. The van der Waals surface area contributed by atoms with Gasteiger partial charge < -0.3 is 0 Å². The summed E-state index contributed by atoms with van der Waals surface area (Å²) in [4.78, 5) is 0. The zero-order chi connectivity index (χ0) is 10.2. The first-order chi connectivity index (χ1) is 6.57. The average Bonchev–Trinajstić information content (AvgIpc) is 2.16. The molecule has 1 aromatic carbocycles. The zero-order valence-corrected chi connectivity index (χ0v) is 9.25. The molecule has 0 aliphatic carbocycles. The summed E-state index contributed by atoms with van der Waals surface area (Å²) in [5.41, 5.74) is 3.11. The Labute approximate surface area is 86.1 Å². The van der Waals surface area contributed by atoms with Crippen LogP contribution in [0.25, 0.3) is 0 Å². The monoisotopic (exact) mass is 188 g/mol. The molecule has 1 heteroatoms. The largest absolute Gasteiger partial charge is 0.231 e. The third-order valence-electron chi connectivity index (χ3n) is 2.83. The van der Waals surface area contributed by atoms with Crippen LogP contribution in [0, 0.1) is 0 Å². The van der Waals surface area contributed by atoms with Gasteiger partial charge in [0.2, 0.25) is 0 Å². The van der Waals surface area contributed by atoms with Gasteiger partial charge >= 0.3 is 0 Å². The predicted molar refractivity (Wildman–Crippen MR) is 60.2 cm³/mol. The average molecular weight is 188 g/mol. The standard InChI is InChI=1S/C13H18N/c1-13(2,3)14-9-8-11-6-4-5-7-12(11)10-14/h4-7,10H,8-9H2,1-3H3/q+1. The molecule has 0 saturated heterocycles. The van der Waals surface area contributed by atoms with Crippen molar-refractivity contribution in [3.05, 3.63) is 35.4 Å². The lowest BCUT2D eigenvalue weighted by molar-refractivity contribution is -0.593. The molecule has 1 aromatic rings. The first-order valence-corrected chi connectivity index (χ1v) is 5.27. The van der Waals surface area contributed by atoms with Gasteiger partial charge in [-0.05, 0) is 32.4 Å². The van der Waals surface area contributed by atoms with Gasteiger partial charge in [0.1, 0.15) is 6.54 Å². The lowest BCUT2D eigenvalue weighted by Gasteiger charge is -2.21. The molecule has 74 valence electrons. The summed E-state index contributed by atoms with van der Waals surface area (Å²) in [6, 6.07) is 8.67. The van der Waals surface area contributed by atoms with Crippen molar-refractivity contribution in [2.75, 3.05) is 6.54 Å². The predicted octanol–water partition coefficient (Wildman–Crippen LogP) is 2.47. The summed E-state index contributed by atoms with van der Waals surface area (Å²) in [6.07, 6.45) is 3.46. The number of benzene rings is 1. The minimum absolute atomic E-state index is 0.244. The number of rotatable bonds is 0. The fourth-order valence-electron chi connectivity index (χ4n) is 1.89. The molecular weight excluding hydrogens is 170 g/mol. The van der Waals surface area contributed by atoms with Crippen molar-refractivity contribution in [1.29, 1.82) is 0 Å². The van der Waals surface area contributed by atoms with Crippen LogP contribution in [0.3, 0.4) is 0 Å². The summed E-state index contributed by atoms with van der Waals surface area (Å²) >= 11 is 0. The molecular formula is C13H18N+. The van der Waals surface area contributed by atoms with E-state index in [2.05, 4.69) is 55.8 Å². The number of hydrogen-bond donors (Lipinski definition) is 0. The van der Waals surface area contributed by atoms with Crippen molar-refractivity contribution >= 4 is 6.21 Å². The fraction of sp³-hybridized carbons (Fsp3) is 0.462. The van der Waals surface area contributed by atoms with Crippen molar-refractivity contribution in [3.63, 3.8) is 0 Å². The molecule has 1 heterocycles. The Morgan fingerprint density at radius 1 is 1.14 bits per heavy atom. The quantitative estimate of drug-likeness (QED) is 0.550. The topological polar surface area (TPSA) is 3.01 Å². The lowest BCUT2D eigenvalue weighted by Crippen LogP contribution is -2.37. The Bertz CT molecular complexity index is 369. The van der Waals surface area contributed by atoms with Gasteiger partial charge in [-0.2, -0.15) is 0 Å². The highest BCUT2D eigenvalue weighted by Crippen LogP contribution is 2.16. The van der Waals surface area contributed by atoms with Crippen LogP contribution in [-0.2, 0) is 6.42 Å². The van der Waals surface area contributed by atoms with Gasteiger partial charge in [-0.3, -0.25) is 0 Å². The van der Waals surface area contributed by atoms with Crippen LogP contribution in [0.2, 0.25) is 0 Å². The molecule has 0 radical (unpaired) electrons. The summed E-state index contributed by atoms with van der Waals surface area (Å²) in [6.45, 7) is 7.92. The molecule has 0 bridgehead atoms. The van der Waals surface area contributed by atoms with E-state index in [1.165, 1.54) is 17.5 Å². The second kappa shape index (κ2) is 3.23. The van der Waals surface area contributed by atoms with E-state index in [4.69, 9.17) is 0 Å². The van der Waals surface area contributed by atoms with E-state index in [0.29, 0.717) is 0 Å².